The number of anilines is 1. The monoisotopic (exact) mass is 326 g/mol. The van der Waals surface area contributed by atoms with Crippen molar-refractivity contribution >= 4 is 5.69 Å². The maximum absolute atomic E-state index is 5.86. The quantitative estimate of drug-likeness (QED) is 0.642. The molecule has 0 heterocycles. The van der Waals surface area contributed by atoms with Crippen molar-refractivity contribution in [2.24, 2.45) is 0 Å². The van der Waals surface area contributed by atoms with Crippen LogP contribution in [0.4, 0.5) is 5.69 Å². The molecule has 2 aromatic carbocycles. The molecule has 3 heteroatoms. The molecule has 0 saturated carbocycles. The van der Waals surface area contributed by atoms with Crippen molar-refractivity contribution < 1.29 is 4.74 Å². The predicted molar refractivity (Wildman–Crippen MR) is 103 cm³/mol. The summed E-state index contributed by atoms with van der Waals surface area (Å²) in [7, 11) is 0. The molecule has 0 bridgehead atoms. The van der Waals surface area contributed by atoms with Crippen molar-refractivity contribution in [1.82, 2.24) is 4.90 Å². The first-order valence-electron chi connectivity index (χ1n) is 9.00. The zero-order valence-corrected chi connectivity index (χ0v) is 15.2. The van der Waals surface area contributed by atoms with Crippen LogP contribution in [0, 0.1) is 0 Å². The number of ether oxygens (including phenoxy) is 1. The lowest BCUT2D eigenvalue weighted by molar-refractivity contribution is 0.223. The van der Waals surface area contributed by atoms with Gasteiger partial charge in [0.25, 0.3) is 0 Å². The third kappa shape index (κ3) is 5.57. The van der Waals surface area contributed by atoms with Crippen LogP contribution in [0.15, 0.2) is 54.6 Å². The molecule has 0 radical (unpaired) electrons. The summed E-state index contributed by atoms with van der Waals surface area (Å²) in [5, 5.41) is 0. The highest BCUT2D eigenvalue weighted by Crippen LogP contribution is 2.18. The molecule has 0 unspecified atom stereocenters. The number of benzene rings is 2. The molecule has 3 nitrogen and oxygen atoms in total. The molecule has 0 amide bonds. The largest absolute Gasteiger partial charge is 0.492 e. The van der Waals surface area contributed by atoms with E-state index in [4.69, 9.17) is 4.74 Å². The van der Waals surface area contributed by atoms with Crippen LogP contribution in [0.2, 0.25) is 0 Å². The van der Waals surface area contributed by atoms with Gasteiger partial charge in [0.05, 0.1) is 0 Å². The Balaban J connectivity index is 1.87. The zero-order valence-electron chi connectivity index (χ0n) is 15.2. The Kier molecular flexibility index (Phi) is 7.63. The molecule has 2 rings (SSSR count). The van der Waals surface area contributed by atoms with Gasteiger partial charge < -0.3 is 14.5 Å². The maximum atomic E-state index is 5.86. The molecule has 0 fully saturated rings. The average Bonchev–Trinajstić information content (AvgIpc) is 2.65. The van der Waals surface area contributed by atoms with Gasteiger partial charge in [-0.05, 0) is 49.8 Å². The van der Waals surface area contributed by atoms with E-state index in [1.165, 1.54) is 11.3 Å². The van der Waals surface area contributed by atoms with Gasteiger partial charge in [-0.15, -0.1) is 0 Å². The van der Waals surface area contributed by atoms with Crippen molar-refractivity contribution in [1.29, 1.82) is 0 Å². The second kappa shape index (κ2) is 9.99. The third-order valence-corrected chi connectivity index (χ3v) is 4.37. The summed E-state index contributed by atoms with van der Waals surface area (Å²) in [6.07, 6.45) is 0. The number of nitrogens with zero attached hydrogens (tertiary/aromatic N) is 2. The van der Waals surface area contributed by atoms with Gasteiger partial charge in [0.2, 0.25) is 0 Å². The van der Waals surface area contributed by atoms with Crippen LogP contribution in [-0.4, -0.2) is 37.7 Å². The molecule has 0 spiro atoms. The fraction of sp³-hybridized carbons (Fsp3) is 0.429. The van der Waals surface area contributed by atoms with Crippen molar-refractivity contribution in [2.45, 2.75) is 27.3 Å². The highest BCUT2D eigenvalue weighted by molar-refractivity contribution is 5.46. The van der Waals surface area contributed by atoms with E-state index in [2.05, 4.69) is 85.2 Å². The number of para-hydroxylation sites is 1. The number of rotatable bonds is 10. The molecule has 0 atom stereocenters. The first-order valence-corrected chi connectivity index (χ1v) is 9.00. The van der Waals surface area contributed by atoms with Crippen molar-refractivity contribution in [2.75, 3.05) is 37.7 Å². The molecular weight excluding hydrogens is 296 g/mol. The summed E-state index contributed by atoms with van der Waals surface area (Å²) in [4.78, 5) is 4.74. The van der Waals surface area contributed by atoms with E-state index >= 15 is 0 Å². The molecule has 0 saturated heterocycles. The summed E-state index contributed by atoms with van der Waals surface area (Å²) in [5.74, 6) is 0.952. The summed E-state index contributed by atoms with van der Waals surface area (Å²) in [6, 6.07) is 19.0. The van der Waals surface area contributed by atoms with E-state index in [1.54, 1.807) is 0 Å². The topological polar surface area (TPSA) is 15.7 Å². The predicted octanol–water partition coefficient (Wildman–Crippen LogP) is 4.43. The van der Waals surface area contributed by atoms with Gasteiger partial charge in [0, 0.05) is 25.3 Å². The van der Waals surface area contributed by atoms with E-state index in [-0.39, 0.29) is 0 Å². The Morgan fingerprint density at radius 3 is 2.04 bits per heavy atom. The van der Waals surface area contributed by atoms with E-state index in [0.29, 0.717) is 0 Å². The normalized spacial score (nSPS) is 10.8. The van der Waals surface area contributed by atoms with Crippen LogP contribution in [0.5, 0.6) is 5.75 Å². The zero-order chi connectivity index (χ0) is 17.2. The Labute approximate surface area is 146 Å². The van der Waals surface area contributed by atoms with Crippen molar-refractivity contribution in [3.05, 3.63) is 60.2 Å². The summed E-state index contributed by atoms with van der Waals surface area (Å²) in [5.41, 5.74) is 2.57. The highest BCUT2D eigenvalue weighted by Gasteiger charge is 2.05. The van der Waals surface area contributed by atoms with E-state index in [9.17, 15) is 0 Å². The van der Waals surface area contributed by atoms with Gasteiger partial charge in [0.15, 0.2) is 0 Å². The lowest BCUT2D eigenvalue weighted by atomic mass is 10.2. The molecule has 0 aliphatic rings. The fourth-order valence-corrected chi connectivity index (χ4v) is 2.77. The Bertz CT molecular complexity index is 564. The Morgan fingerprint density at radius 2 is 1.46 bits per heavy atom. The molecular formula is C21H30N2O. The molecule has 24 heavy (non-hydrogen) atoms. The van der Waals surface area contributed by atoms with Gasteiger partial charge in [-0.2, -0.15) is 0 Å². The SMILES string of the molecule is CCN(CC)CCOc1ccc(CN(CC)c2ccccc2)cc1. The molecule has 130 valence electrons. The molecule has 0 N–H and O–H groups in total. The van der Waals surface area contributed by atoms with Crippen molar-refractivity contribution in [3.63, 3.8) is 0 Å². The van der Waals surface area contributed by atoms with Crippen LogP contribution < -0.4 is 9.64 Å². The average molecular weight is 326 g/mol. The number of hydrogen-bond donors (Lipinski definition) is 0. The minimum Gasteiger partial charge on any atom is -0.492 e. The van der Waals surface area contributed by atoms with Crippen LogP contribution in [0.1, 0.15) is 26.3 Å². The third-order valence-electron chi connectivity index (χ3n) is 4.37. The minimum atomic E-state index is 0.742. The van der Waals surface area contributed by atoms with Crippen LogP contribution in [0.3, 0.4) is 0 Å². The van der Waals surface area contributed by atoms with E-state index in [1.807, 2.05) is 0 Å². The second-order valence-corrected chi connectivity index (χ2v) is 5.87. The molecule has 2 aromatic rings. The van der Waals surface area contributed by atoms with Gasteiger partial charge in [-0.25, -0.2) is 0 Å². The van der Waals surface area contributed by atoms with Gasteiger partial charge in [-0.1, -0.05) is 44.2 Å². The number of likely N-dealkylation sites (N-methyl/N-ethyl adjacent to an activating group) is 1. The summed E-state index contributed by atoms with van der Waals surface area (Å²) < 4.78 is 5.86. The van der Waals surface area contributed by atoms with Crippen molar-refractivity contribution in [3.8, 4) is 5.75 Å². The van der Waals surface area contributed by atoms with E-state index in [0.717, 1.165) is 45.1 Å². The lowest BCUT2D eigenvalue weighted by Crippen LogP contribution is -2.27. The highest BCUT2D eigenvalue weighted by atomic mass is 16.5. The molecule has 0 aromatic heterocycles. The summed E-state index contributed by atoms with van der Waals surface area (Å²) in [6.45, 7) is 12.3. The van der Waals surface area contributed by atoms with Gasteiger partial charge in [0.1, 0.15) is 12.4 Å². The smallest absolute Gasteiger partial charge is 0.119 e. The van der Waals surface area contributed by atoms with Crippen LogP contribution in [0.25, 0.3) is 0 Å². The van der Waals surface area contributed by atoms with Crippen LogP contribution >= 0.6 is 0 Å². The Hall–Kier alpha value is -2.00. The van der Waals surface area contributed by atoms with Gasteiger partial charge >= 0.3 is 0 Å². The minimum absolute atomic E-state index is 0.742. The Morgan fingerprint density at radius 1 is 0.792 bits per heavy atom. The maximum Gasteiger partial charge on any atom is 0.119 e. The van der Waals surface area contributed by atoms with Gasteiger partial charge in [-0.3, -0.25) is 0 Å². The van der Waals surface area contributed by atoms with E-state index < -0.39 is 0 Å². The molecule has 0 aliphatic heterocycles. The first-order chi connectivity index (χ1) is 11.8. The molecule has 0 aliphatic carbocycles. The number of hydrogen-bond acceptors (Lipinski definition) is 3. The first kappa shape index (κ1) is 18.3. The second-order valence-electron chi connectivity index (χ2n) is 5.87. The fourth-order valence-electron chi connectivity index (χ4n) is 2.77. The summed E-state index contributed by atoms with van der Waals surface area (Å²) >= 11 is 0. The van der Waals surface area contributed by atoms with Crippen LogP contribution in [-0.2, 0) is 6.54 Å². The standard InChI is InChI=1S/C21H30N2O/c1-4-22(5-2)16-17-24-21-14-12-19(13-15-21)18-23(6-3)20-10-8-7-9-11-20/h7-15H,4-6,16-18H2,1-3H3. The lowest BCUT2D eigenvalue weighted by Gasteiger charge is -2.23.